The van der Waals surface area contributed by atoms with Gasteiger partial charge in [-0.2, -0.15) is 0 Å². The highest BCUT2D eigenvalue weighted by molar-refractivity contribution is 7.80. The fourth-order valence-electron chi connectivity index (χ4n) is 0.961. The lowest BCUT2D eigenvalue weighted by atomic mass is 10.3. The Bertz CT molecular complexity index is 214. The molecule has 0 aromatic heterocycles. The number of hydrogen-bond donors (Lipinski definition) is 1. The van der Waals surface area contributed by atoms with Crippen LogP contribution in [0.25, 0.3) is 0 Å². The normalized spacial score (nSPS) is 23.7. The first-order chi connectivity index (χ1) is 5.16. The summed E-state index contributed by atoms with van der Waals surface area (Å²) in [6, 6.07) is -0.178. The van der Waals surface area contributed by atoms with Gasteiger partial charge in [0.1, 0.15) is 6.04 Å². The van der Waals surface area contributed by atoms with E-state index in [0.29, 0.717) is 11.7 Å². The molecule has 3 nitrogen and oxygen atoms in total. The van der Waals surface area contributed by atoms with Crippen LogP contribution in [-0.4, -0.2) is 28.5 Å². The van der Waals surface area contributed by atoms with Crippen LogP contribution in [0.15, 0.2) is 12.7 Å². The predicted octanol–water partition coefficient (Wildman–Crippen LogP) is 0.278. The Morgan fingerprint density at radius 3 is 2.91 bits per heavy atom. The van der Waals surface area contributed by atoms with Crippen LogP contribution >= 0.6 is 12.2 Å². The molecule has 0 unspecified atom stereocenters. The summed E-state index contributed by atoms with van der Waals surface area (Å²) in [7, 11) is 0. The van der Waals surface area contributed by atoms with Crippen LogP contribution < -0.4 is 5.32 Å². The summed E-state index contributed by atoms with van der Waals surface area (Å²) in [6.07, 6.45) is 1.66. The van der Waals surface area contributed by atoms with Crippen molar-refractivity contribution in [2.45, 2.75) is 13.0 Å². The van der Waals surface area contributed by atoms with E-state index in [0.717, 1.165) is 0 Å². The number of amides is 1. The fraction of sp³-hybridized carbons (Fsp3) is 0.429. The van der Waals surface area contributed by atoms with Gasteiger partial charge in [-0.25, -0.2) is 0 Å². The summed E-state index contributed by atoms with van der Waals surface area (Å²) < 4.78 is 0. The Morgan fingerprint density at radius 2 is 2.55 bits per heavy atom. The molecule has 1 aliphatic rings. The minimum absolute atomic E-state index is 0.0231. The minimum atomic E-state index is -0.178. The maximum Gasteiger partial charge on any atom is 0.251 e. The van der Waals surface area contributed by atoms with Gasteiger partial charge in [0.15, 0.2) is 5.11 Å². The van der Waals surface area contributed by atoms with Crippen molar-refractivity contribution in [1.29, 1.82) is 0 Å². The van der Waals surface area contributed by atoms with Crippen molar-refractivity contribution in [2.75, 3.05) is 6.54 Å². The van der Waals surface area contributed by atoms with E-state index in [2.05, 4.69) is 11.9 Å². The van der Waals surface area contributed by atoms with Crippen LogP contribution in [-0.2, 0) is 4.79 Å². The molecule has 0 aliphatic carbocycles. The smallest absolute Gasteiger partial charge is 0.251 e. The molecule has 1 N–H and O–H groups in total. The van der Waals surface area contributed by atoms with E-state index < -0.39 is 0 Å². The van der Waals surface area contributed by atoms with Gasteiger partial charge in [0.2, 0.25) is 0 Å². The molecular weight excluding hydrogens is 160 g/mol. The lowest BCUT2D eigenvalue weighted by Gasteiger charge is -2.10. The Kier molecular flexibility index (Phi) is 2.24. The molecule has 0 aromatic carbocycles. The highest BCUT2D eigenvalue weighted by Gasteiger charge is 2.30. The fourth-order valence-corrected chi connectivity index (χ4v) is 1.30. The molecule has 0 spiro atoms. The van der Waals surface area contributed by atoms with Crippen molar-refractivity contribution >= 4 is 23.2 Å². The van der Waals surface area contributed by atoms with Crippen molar-refractivity contribution < 1.29 is 4.79 Å². The standard InChI is InChI=1S/C7H10N2OS/c1-3-4-9-6(10)5(2)8-7(9)11/h3,5H,1,4H2,2H3,(H,8,11)/t5-/m0/s1. The van der Waals surface area contributed by atoms with Crippen LogP contribution in [0, 0.1) is 0 Å². The summed E-state index contributed by atoms with van der Waals surface area (Å²) in [5.74, 6) is 0.0231. The number of carbonyl (C=O) groups is 1. The van der Waals surface area contributed by atoms with Gasteiger partial charge in [0.25, 0.3) is 5.91 Å². The summed E-state index contributed by atoms with van der Waals surface area (Å²) in [5.41, 5.74) is 0. The molecular formula is C7H10N2OS. The SMILES string of the molecule is C=CCN1C(=O)[C@H](C)NC1=S. The number of nitrogens with zero attached hydrogens (tertiary/aromatic N) is 1. The van der Waals surface area contributed by atoms with Gasteiger partial charge in [-0.3, -0.25) is 9.69 Å². The molecule has 0 saturated carbocycles. The Morgan fingerprint density at radius 1 is 1.91 bits per heavy atom. The van der Waals surface area contributed by atoms with Gasteiger partial charge < -0.3 is 5.32 Å². The average Bonchev–Trinajstić information content (AvgIpc) is 2.17. The molecule has 1 rings (SSSR count). The van der Waals surface area contributed by atoms with Gasteiger partial charge in [-0.1, -0.05) is 6.08 Å². The molecule has 1 atom stereocenters. The topological polar surface area (TPSA) is 32.3 Å². The first kappa shape index (κ1) is 8.20. The predicted molar refractivity (Wildman–Crippen MR) is 47.1 cm³/mol. The van der Waals surface area contributed by atoms with E-state index >= 15 is 0 Å². The zero-order valence-electron chi connectivity index (χ0n) is 6.33. The highest BCUT2D eigenvalue weighted by Crippen LogP contribution is 2.04. The van der Waals surface area contributed by atoms with Gasteiger partial charge in [-0.05, 0) is 19.1 Å². The molecule has 0 bridgehead atoms. The molecule has 1 heterocycles. The number of hydrogen-bond acceptors (Lipinski definition) is 2. The van der Waals surface area contributed by atoms with Gasteiger partial charge in [0.05, 0.1) is 0 Å². The van der Waals surface area contributed by atoms with Crippen molar-refractivity contribution in [1.82, 2.24) is 10.2 Å². The Balaban J connectivity index is 2.71. The van der Waals surface area contributed by atoms with Crippen molar-refractivity contribution in [2.24, 2.45) is 0 Å². The zero-order chi connectivity index (χ0) is 8.43. The van der Waals surface area contributed by atoms with E-state index in [1.807, 2.05) is 0 Å². The molecule has 0 radical (unpaired) electrons. The average molecular weight is 170 g/mol. The van der Waals surface area contributed by atoms with E-state index in [1.54, 1.807) is 13.0 Å². The second-order valence-electron chi connectivity index (χ2n) is 2.41. The van der Waals surface area contributed by atoms with Crippen LogP contribution in [0.5, 0.6) is 0 Å². The maximum absolute atomic E-state index is 11.2. The van der Waals surface area contributed by atoms with Crippen molar-refractivity contribution in [3.05, 3.63) is 12.7 Å². The quantitative estimate of drug-likeness (QED) is 0.477. The Labute approximate surface area is 71.1 Å². The van der Waals surface area contributed by atoms with Crippen LogP contribution in [0.2, 0.25) is 0 Å². The second-order valence-corrected chi connectivity index (χ2v) is 2.80. The third kappa shape index (κ3) is 1.40. The number of carbonyl (C=O) groups excluding carboxylic acids is 1. The summed E-state index contributed by atoms with van der Waals surface area (Å²) in [5, 5.41) is 3.36. The minimum Gasteiger partial charge on any atom is -0.351 e. The first-order valence-corrected chi connectivity index (χ1v) is 3.80. The summed E-state index contributed by atoms with van der Waals surface area (Å²) >= 11 is 4.91. The highest BCUT2D eigenvalue weighted by atomic mass is 32.1. The van der Waals surface area contributed by atoms with Crippen LogP contribution in [0.1, 0.15) is 6.92 Å². The molecule has 1 saturated heterocycles. The number of thiocarbonyl (C=S) groups is 1. The second kappa shape index (κ2) is 3.00. The lowest BCUT2D eigenvalue weighted by Crippen LogP contribution is -2.30. The zero-order valence-corrected chi connectivity index (χ0v) is 7.15. The molecule has 1 amide bonds. The van der Waals surface area contributed by atoms with Gasteiger partial charge in [0, 0.05) is 6.54 Å². The van der Waals surface area contributed by atoms with E-state index in [9.17, 15) is 4.79 Å². The third-order valence-corrected chi connectivity index (χ3v) is 1.87. The third-order valence-electron chi connectivity index (χ3n) is 1.53. The number of rotatable bonds is 2. The largest absolute Gasteiger partial charge is 0.351 e. The van der Waals surface area contributed by atoms with Crippen molar-refractivity contribution in [3.63, 3.8) is 0 Å². The molecule has 1 fully saturated rings. The lowest BCUT2D eigenvalue weighted by molar-refractivity contribution is -0.126. The van der Waals surface area contributed by atoms with E-state index in [1.165, 1.54) is 4.90 Å². The van der Waals surface area contributed by atoms with Crippen LogP contribution in [0.4, 0.5) is 0 Å². The molecule has 1 aliphatic heterocycles. The maximum atomic E-state index is 11.2. The molecule has 60 valence electrons. The van der Waals surface area contributed by atoms with Crippen LogP contribution in [0.3, 0.4) is 0 Å². The molecule has 4 heteroatoms. The molecule has 11 heavy (non-hydrogen) atoms. The Hall–Kier alpha value is -0.900. The summed E-state index contributed by atoms with van der Waals surface area (Å²) in [4.78, 5) is 12.7. The first-order valence-electron chi connectivity index (χ1n) is 3.39. The monoisotopic (exact) mass is 170 g/mol. The van der Waals surface area contributed by atoms with Gasteiger partial charge in [-0.15, -0.1) is 6.58 Å². The van der Waals surface area contributed by atoms with Gasteiger partial charge >= 0.3 is 0 Å². The number of nitrogens with one attached hydrogen (secondary N) is 1. The summed E-state index contributed by atoms with van der Waals surface area (Å²) in [6.45, 7) is 5.82. The van der Waals surface area contributed by atoms with E-state index in [4.69, 9.17) is 12.2 Å². The molecule has 0 aromatic rings. The van der Waals surface area contributed by atoms with Crippen molar-refractivity contribution in [3.8, 4) is 0 Å². The van der Waals surface area contributed by atoms with E-state index in [-0.39, 0.29) is 11.9 Å².